The van der Waals surface area contributed by atoms with Crippen molar-refractivity contribution in [1.82, 2.24) is 5.32 Å². The molecule has 0 radical (unpaired) electrons. The minimum atomic E-state index is -2.56. The van der Waals surface area contributed by atoms with Crippen molar-refractivity contribution in [2.75, 3.05) is 13.2 Å². The summed E-state index contributed by atoms with van der Waals surface area (Å²) in [5.41, 5.74) is 0.299. The van der Waals surface area contributed by atoms with Gasteiger partial charge in [0.25, 0.3) is 12.3 Å². The standard InChI is InChI=1S/C10H9F2NO2S/c11-9(12)5-13-10(15)7-4-8(16-6-7)2-1-3-14/h4,6,9,14H,3,5H2,(H,13,15). The predicted octanol–water partition coefficient (Wildman–Crippen LogP) is 1.09. The molecule has 0 aliphatic rings. The van der Waals surface area contributed by atoms with E-state index in [1.165, 1.54) is 22.8 Å². The normalized spacial score (nSPS) is 9.75. The lowest BCUT2D eigenvalue weighted by atomic mass is 10.3. The topological polar surface area (TPSA) is 49.3 Å². The minimum absolute atomic E-state index is 0.259. The fraction of sp³-hybridized carbons (Fsp3) is 0.300. The first-order valence-electron chi connectivity index (χ1n) is 4.38. The Morgan fingerprint density at radius 3 is 3.00 bits per heavy atom. The zero-order chi connectivity index (χ0) is 12.0. The van der Waals surface area contributed by atoms with E-state index < -0.39 is 18.9 Å². The maximum absolute atomic E-state index is 11.8. The van der Waals surface area contributed by atoms with E-state index in [2.05, 4.69) is 17.2 Å². The fourth-order valence-electron chi connectivity index (χ4n) is 0.919. The van der Waals surface area contributed by atoms with Gasteiger partial charge in [-0.15, -0.1) is 11.3 Å². The molecule has 1 aromatic heterocycles. The minimum Gasteiger partial charge on any atom is -0.384 e. The number of hydrogen-bond acceptors (Lipinski definition) is 3. The molecule has 0 saturated heterocycles. The van der Waals surface area contributed by atoms with Crippen LogP contribution in [0.4, 0.5) is 8.78 Å². The zero-order valence-electron chi connectivity index (χ0n) is 8.17. The van der Waals surface area contributed by atoms with Gasteiger partial charge in [-0.3, -0.25) is 4.79 Å². The quantitative estimate of drug-likeness (QED) is 0.783. The molecular weight excluding hydrogens is 236 g/mol. The number of carbonyl (C=O) groups excluding carboxylic acids is 1. The molecular formula is C10H9F2NO2S. The Labute approximate surface area is 95.1 Å². The van der Waals surface area contributed by atoms with E-state index in [9.17, 15) is 13.6 Å². The van der Waals surface area contributed by atoms with Gasteiger partial charge in [-0.05, 0) is 6.07 Å². The number of alkyl halides is 2. The highest BCUT2D eigenvalue weighted by Crippen LogP contribution is 2.13. The molecule has 0 atom stereocenters. The summed E-state index contributed by atoms with van der Waals surface area (Å²) in [5, 5.41) is 12.1. The van der Waals surface area contributed by atoms with E-state index in [4.69, 9.17) is 5.11 Å². The third-order valence-electron chi connectivity index (χ3n) is 1.57. The zero-order valence-corrected chi connectivity index (χ0v) is 8.98. The number of thiophene rings is 1. The molecule has 0 aromatic carbocycles. The maximum atomic E-state index is 11.8. The van der Waals surface area contributed by atoms with Gasteiger partial charge in [-0.25, -0.2) is 8.78 Å². The third kappa shape index (κ3) is 3.96. The van der Waals surface area contributed by atoms with Crippen LogP contribution in [0.3, 0.4) is 0 Å². The van der Waals surface area contributed by atoms with Gasteiger partial charge < -0.3 is 10.4 Å². The van der Waals surface area contributed by atoms with Crippen LogP contribution >= 0.6 is 11.3 Å². The smallest absolute Gasteiger partial charge is 0.255 e. The molecule has 1 heterocycles. The van der Waals surface area contributed by atoms with Crippen molar-refractivity contribution < 1.29 is 18.7 Å². The van der Waals surface area contributed by atoms with E-state index in [1.54, 1.807) is 0 Å². The first-order chi connectivity index (χ1) is 7.63. The van der Waals surface area contributed by atoms with Gasteiger partial charge in [0.1, 0.15) is 6.61 Å². The number of aliphatic hydroxyl groups excluding tert-OH is 1. The molecule has 2 N–H and O–H groups in total. The maximum Gasteiger partial charge on any atom is 0.255 e. The van der Waals surface area contributed by atoms with Gasteiger partial charge in [0, 0.05) is 5.38 Å². The monoisotopic (exact) mass is 245 g/mol. The molecule has 16 heavy (non-hydrogen) atoms. The molecule has 0 fully saturated rings. The Hall–Kier alpha value is -1.45. The summed E-state index contributed by atoms with van der Waals surface area (Å²) in [6, 6.07) is 1.49. The molecule has 0 unspecified atom stereocenters. The van der Waals surface area contributed by atoms with Crippen molar-refractivity contribution in [2.45, 2.75) is 6.43 Å². The van der Waals surface area contributed by atoms with E-state index in [0.717, 1.165) is 0 Å². The van der Waals surface area contributed by atoms with Crippen LogP contribution < -0.4 is 5.32 Å². The summed E-state index contributed by atoms with van der Waals surface area (Å²) in [7, 11) is 0. The van der Waals surface area contributed by atoms with Crippen LogP contribution in [0.2, 0.25) is 0 Å². The lowest BCUT2D eigenvalue weighted by molar-refractivity contribution is 0.0892. The predicted molar refractivity (Wildman–Crippen MR) is 56.6 cm³/mol. The molecule has 6 heteroatoms. The molecule has 86 valence electrons. The Balaban J connectivity index is 2.60. The summed E-state index contributed by atoms with van der Waals surface area (Å²) < 4.78 is 23.6. The molecule has 1 rings (SSSR count). The van der Waals surface area contributed by atoms with E-state index in [-0.39, 0.29) is 6.61 Å². The number of halogens is 2. The summed E-state index contributed by atoms with van der Waals surface area (Å²) in [4.78, 5) is 11.9. The van der Waals surface area contributed by atoms with Crippen LogP contribution in [0.25, 0.3) is 0 Å². The van der Waals surface area contributed by atoms with Crippen molar-refractivity contribution in [2.24, 2.45) is 0 Å². The second kappa shape index (κ2) is 6.20. The van der Waals surface area contributed by atoms with Gasteiger partial charge in [-0.1, -0.05) is 11.8 Å². The lowest BCUT2D eigenvalue weighted by Gasteiger charge is -2.01. The van der Waals surface area contributed by atoms with Gasteiger partial charge in [-0.2, -0.15) is 0 Å². The second-order valence-electron chi connectivity index (χ2n) is 2.76. The molecule has 0 bridgehead atoms. The molecule has 3 nitrogen and oxygen atoms in total. The highest BCUT2D eigenvalue weighted by Gasteiger charge is 2.10. The Morgan fingerprint density at radius 2 is 2.38 bits per heavy atom. The highest BCUT2D eigenvalue weighted by molar-refractivity contribution is 7.10. The highest BCUT2D eigenvalue weighted by atomic mass is 32.1. The van der Waals surface area contributed by atoms with Crippen molar-refractivity contribution in [1.29, 1.82) is 0 Å². The SMILES string of the molecule is O=C(NCC(F)F)c1csc(C#CCO)c1. The first-order valence-corrected chi connectivity index (χ1v) is 5.26. The van der Waals surface area contributed by atoms with Crippen LogP contribution in [0.1, 0.15) is 15.2 Å². The summed E-state index contributed by atoms with van der Waals surface area (Å²) in [6.07, 6.45) is -2.56. The number of aliphatic hydroxyl groups is 1. The molecule has 1 aromatic rings. The Morgan fingerprint density at radius 1 is 1.62 bits per heavy atom. The van der Waals surface area contributed by atoms with Crippen LogP contribution in [-0.4, -0.2) is 30.6 Å². The van der Waals surface area contributed by atoms with Crippen molar-refractivity contribution in [3.8, 4) is 11.8 Å². The average molecular weight is 245 g/mol. The lowest BCUT2D eigenvalue weighted by Crippen LogP contribution is -2.28. The van der Waals surface area contributed by atoms with E-state index >= 15 is 0 Å². The molecule has 0 aliphatic carbocycles. The fourth-order valence-corrected chi connectivity index (χ4v) is 1.67. The Kier molecular flexibility index (Phi) is 4.89. The molecule has 1 amide bonds. The number of nitrogens with one attached hydrogen (secondary N) is 1. The van der Waals surface area contributed by atoms with E-state index in [1.807, 2.05) is 0 Å². The van der Waals surface area contributed by atoms with Crippen LogP contribution in [0.5, 0.6) is 0 Å². The summed E-state index contributed by atoms with van der Waals surface area (Å²) >= 11 is 1.22. The van der Waals surface area contributed by atoms with Gasteiger partial charge in [0.05, 0.1) is 17.0 Å². The molecule has 0 spiro atoms. The molecule has 0 saturated carbocycles. The van der Waals surface area contributed by atoms with Gasteiger partial charge in [0.15, 0.2) is 0 Å². The Bertz CT molecular complexity index is 420. The van der Waals surface area contributed by atoms with Crippen molar-refractivity contribution in [3.63, 3.8) is 0 Å². The average Bonchev–Trinajstić information content (AvgIpc) is 2.71. The van der Waals surface area contributed by atoms with Gasteiger partial charge in [0.2, 0.25) is 0 Å². The number of carbonyl (C=O) groups is 1. The third-order valence-corrected chi connectivity index (χ3v) is 2.41. The largest absolute Gasteiger partial charge is 0.384 e. The number of amides is 1. The number of hydrogen-bond donors (Lipinski definition) is 2. The van der Waals surface area contributed by atoms with Crippen LogP contribution in [-0.2, 0) is 0 Å². The summed E-state index contributed by atoms with van der Waals surface area (Å²) in [6.45, 7) is -0.919. The van der Waals surface area contributed by atoms with Gasteiger partial charge >= 0.3 is 0 Å². The van der Waals surface area contributed by atoms with E-state index in [0.29, 0.717) is 10.4 Å². The number of rotatable bonds is 3. The summed E-state index contributed by atoms with van der Waals surface area (Å²) in [5.74, 6) is 4.51. The first kappa shape index (κ1) is 12.6. The van der Waals surface area contributed by atoms with Crippen LogP contribution in [0, 0.1) is 11.8 Å². The molecule has 0 aliphatic heterocycles. The van der Waals surface area contributed by atoms with Crippen molar-refractivity contribution in [3.05, 3.63) is 21.9 Å². The van der Waals surface area contributed by atoms with Crippen molar-refractivity contribution >= 4 is 17.2 Å². The second-order valence-corrected chi connectivity index (χ2v) is 3.67. The van der Waals surface area contributed by atoms with Crippen LogP contribution in [0.15, 0.2) is 11.4 Å².